The molecule has 0 aromatic heterocycles. The lowest BCUT2D eigenvalue weighted by atomic mass is 9.98. The van der Waals surface area contributed by atoms with Gasteiger partial charge in [0.25, 0.3) is 0 Å². The average molecular weight is 563 g/mol. The van der Waals surface area contributed by atoms with E-state index in [-0.39, 0.29) is 34.7 Å². The Labute approximate surface area is 231 Å². The van der Waals surface area contributed by atoms with Crippen LogP contribution >= 0.6 is 0 Å². The first-order chi connectivity index (χ1) is 19.1. The molecule has 0 atom stereocenters. The van der Waals surface area contributed by atoms with E-state index in [4.69, 9.17) is 9.47 Å². The molecule has 40 heavy (non-hydrogen) atoms. The molecule has 0 unspecified atom stereocenters. The number of rotatable bonds is 6. The molecule has 1 aliphatic heterocycles. The molecule has 1 aliphatic rings. The topological polar surface area (TPSA) is 18.5 Å². The second kappa shape index (κ2) is 15.0. The zero-order chi connectivity index (χ0) is 30.0. The largest absolute Gasteiger partial charge is 0.497 e. The summed E-state index contributed by atoms with van der Waals surface area (Å²) in [7, 11) is 2.04. The Morgan fingerprint density at radius 2 is 1.57 bits per heavy atom. The first kappa shape index (κ1) is 32.3. The summed E-state index contributed by atoms with van der Waals surface area (Å²) >= 11 is 0. The standard InChI is InChI=1S/C16H17FO.C15H12F4O.CH3F/c1-3-4-12-5-7-13(8-6-12)15-10-9-14(18-2)11-16(15)17;1-4-7(2)11(17)14-8(3)5-9-6-10(16)12(18)13(19)15(9)20-14;1-2/h5-11H,3-4H2,1-2H3;6H,2-5H2,1H3;1H3/b;14-11-;. The molecule has 3 aromatic carbocycles. The van der Waals surface area contributed by atoms with E-state index in [1.54, 1.807) is 19.1 Å². The van der Waals surface area contributed by atoms with Crippen LogP contribution < -0.4 is 9.47 Å². The molecular weight excluding hydrogens is 530 g/mol. The molecule has 0 spiro atoms. The summed E-state index contributed by atoms with van der Waals surface area (Å²) in [4.78, 5) is 0. The summed E-state index contributed by atoms with van der Waals surface area (Å²) in [6, 6.07) is 13.8. The maximum absolute atomic E-state index is 14.0. The van der Waals surface area contributed by atoms with Crippen LogP contribution in [0.15, 0.2) is 84.4 Å². The maximum Gasteiger partial charge on any atom is 0.204 e. The minimum atomic E-state index is -1.65. The van der Waals surface area contributed by atoms with Gasteiger partial charge in [-0.25, -0.2) is 17.6 Å². The van der Waals surface area contributed by atoms with Gasteiger partial charge in [0.1, 0.15) is 11.6 Å². The first-order valence-electron chi connectivity index (χ1n) is 12.5. The third-order valence-electron chi connectivity index (χ3n) is 6.04. The van der Waals surface area contributed by atoms with Crippen molar-refractivity contribution < 1.29 is 35.8 Å². The van der Waals surface area contributed by atoms with E-state index in [9.17, 15) is 26.3 Å². The molecular formula is C32H32F6O2. The Hall–Kier alpha value is -3.94. The van der Waals surface area contributed by atoms with Gasteiger partial charge in [-0.1, -0.05) is 57.7 Å². The second-order valence-corrected chi connectivity index (χ2v) is 8.75. The van der Waals surface area contributed by atoms with Crippen molar-refractivity contribution >= 4 is 0 Å². The Morgan fingerprint density at radius 1 is 0.925 bits per heavy atom. The fraction of sp³-hybridized carbons (Fsp3) is 0.250. The average Bonchev–Trinajstić information content (AvgIpc) is 2.97. The molecule has 214 valence electrons. The SMILES string of the molecule is C=C(CC)/C(F)=C1/Oc2c(cc(F)c(F)c2F)CC1=C.CCCc1ccc(-c2ccc(OC)cc2F)cc1.CF. The van der Waals surface area contributed by atoms with Crippen molar-refractivity contribution in [3.63, 3.8) is 0 Å². The number of methoxy groups -OCH3 is 1. The highest BCUT2D eigenvalue weighted by atomic mass is 19.2. The molecule has 3 aromatic rings. The van der Waals surface area contributed by atoms with Crippen molar-refractivity contribution in [3.8, 4) is 22.6 Å². The molecule has 4 rings (SSSR count). The van der Waals surface area contributed by atoms with Crippen LogP contribution in [0.1, 0.15) is 37.8 Å². The molecule has 2 nitrogen and oxygen atoms in total. The number of hydrogen-bond donors (Lipinski definition) is 0. The molecule has 0 aliphatic carbocycles. The normalized spacial score (nSPS) is 13.1. The molecule has 0 saturated heterocycles. The smallest absolute Gasteiger partial charge is 0.204 e. The Morgan fingerprint density at radius 3 is 2.12 bits per heavy atom. The lowest BCUT2D eigenvalue weighted by Crippen LogP contribution is -2.14. The van der Waals surface area contributed by atoms with Gasteiger partial charge >= 0.3 is 0 Å². The van der Waals surface area contributed by atoms with Crippen LogP contribution in [-0.2, 0) is 12.8 Å². The van der Waals surface area contributed by atoms with Gasteiger partial charge in [-0.3, -0.25) is 4.39 Å². The minimum Gasteiger partial charge on any atom is -0.497 e. The summed E-state index contributed by atoms with van der Waals surface area (Å²) < 4.78 is 87.5. The van der Waals surface area contributed by atoms with E-state index in [1.807, 2.05) is 12.1 Å². The first-order valence-corrected chi connectivity index (χ1v) is 12.5. The molecule has 0 radical (unpaired) electrons. The van der Waals surface area contributed by atoms with Crippen LogP contribution in [0, 0.1) is 23.3 Å². The number of ether oxygens (including phenoxy) is 2. The molecule has 8 heteroatoms. The molecule has 0 amide bonds. The van der Waals surface area contributed by atoms with Crippen molar-refractivity contribution in [1.82, 2.24) is 0 Å². The number of halogens is 6. The van der Waals surface area contributed by atoms with Gasteiger partial charge in [-0.2, -0.15) is 4.39 Å². The van der Waals surface area contributed by atoms with Gasteiger partial charge in [-0.05, 0) is 53.3 Å². The number of aryl methyl sites for hydroxylation is 1. The molecule has 0 N–H and O–H groups in total. The minimum absolute atomic E-state index is 0.0246. The van der Waals surface area contributed by atoms with Gasteiger partial charge in [0.2, 0.25) is 5.82 Å². The van der Waals surface area contributed by atoms with Crippen LogP contribution in [-0.4, -0.2) is 14.3 Å². The van der Waals surface area contributed by atoms with Crippen LogP contribution in [0.5, 0.6) is 11.5 Å². The number of fused-ring (bicyclic) bond motifs is 1. The Balaban J connectivity index is 0.000000265. The predicted octanol–water partition coefficient (Wildman–Crippen LogP) is 9.78. The van der Waals surface area contributed by atoms with Crippen LogP contribution in [0.25, 0.3) is 11.1 Å². The lowest BCUT2D eigenvalue weighted by Gasteiger charge is -2.23. The fourth-order valence-electron chi connectivity index (χ4n) is 3.87. The summed E-state index contributed by atoms with van der Waals surface area (Å²) in [6.45, 7) is 11.0. The van der Waals surface area contributed by atoms with E-state index < -0.39 is 29.0 Å². The monoisotopic (exact) mass is 562 g/mol. The van der Waals surface area contributed by atoms with Gasteiger partial charge < -0.3 is 9.47 Å². The van der Waals surface area contributed by atoms with Crippen molar-refractivity contribution in [2.24, 2.45) is 0 Å². The highest BCUT2D eigenvalue weighted by molar-refractivity contribution is 5.65. The Bertz CT molecular complexity index is 1380. The third kappa shape index (κ3) is 7.58. The van der Waals surface area contributed by atoms with E-state index >= 15 is 0 Å². The number of hydrogen-bond acceptors (Lipinski definition) is 2. The summed E-state index contributed by atoms with van der Waals surface area (Å²) in [5.74, 6) is -5.70. The quantitative estimate of drug-likeness (QED) is 0.220. The fourth-order valence-corrected chi connectivity index (χ4v) is 3.87. The summed E-state index contributed by atoms with van der Waals surface area (Å²) in [6.07, 6.45) is 2.49. The predicted molar refractivity (Wildman–Crippen MR) is 147 cm³/mol. The van der Waals surface area contributed by atoms with Gasteiger partial charge in [-0.15, -0.1) is 0 Å². The summed E-state index contributed by atoms with van der Waals surface area (Å²) in [5.41, 5.74) is 3.26. The van der Waals surface area contributed by atoms with E-state index in [2.05, 4.69) is 32.2 Å². The van der Waals surface area contributed by atoms with Crippen molar-refractivity contribution in [2.75, 3.05) is 14.3 Å². The van der Waals surface area contributed by atoms with Crippen molar-refractivity contribution in [2.45, 2.75) is 39.5 Å². The highest BCUT2D eigenvalue weighted by Crippen LogP contribution is 2.38. The zero-order valence-corrected chi connectivity index (χ0v) is 22.9. The molecule has 1 heterocycles. The maximum atomic E-state index is 14.0. The van der Waals surface area contributed by atoms with Crippen molar-refractivity contribution in [1.29, 1.82) is 0 Å². The number of benzene rings is 3. The van der Waals surface area contributed by atoms with Gasteiger partial charge in [0.05, 0.1) is 14.3 Å². The molecule has 0 fully saturated rings. The highest BCUT2D eigenvalue weighted by Gasteiger charge is 2.29. The number of allylic oxidation sites excluding steroid dienone is 3. The van der Waals surface area contributed by atoms with Crippen LogP contribution in [0.3, 0.4) is 0 Å². The summed E-state index contributed by atoms with van der Waals surface area (Å²) in [5, 5.41) is 0. The molecule has 0 saturated carbocycles. The van der Waals surface area contributed by atoms with Gasteiger partial charge in [0.15, 0.2) is 29.0 Å². The Kier molecular flexibility index (Phi) is 12.1. The van der Waals surface area contributed by atoms with E-state index in [1.165, 1.54) is 18.7 Å². The van der Waals surface area contributed by atoms with Crippen LogP contribution in [0.2, 0.25) is 0 Å². The van der Waals surface area contributed by atoms with Gasteiger partial charge in [0, 0.05) is 23.6 Å². The van der Waals surface area contributed by atoms with E-state index in [0.717, 1.165) is 24.5 Å². The lowest BCUT2D eigenvalue weighted by molar-refractivity contribution is 0.345. The third-order valence-corrected chi connectivity index (χ3v) is 6.04. The number of alkyl halides is 1. The van der Waals surface area contributed by atoms with Crippen molar-refractivity contribution in [3.05, 3.63) is 119 Å². The van der Waals surface area contributed by atoms with Crippen LogP contribution in [0.4, 0.5) is 26.3 Å². The zero-order valence-electron chi connectivity index (χ0n) is 22.9. The molecule has 0 bridgehead atoms. The van der Waals surface area contributed by atoms with E-state index in [0.29, 0.717) is 24.9 Å². The second-order valence-electron chi connectivity index (χ2n) is 8.75.